The Hall–Kier alpha value is -3.71. The Balaban J connectivity index is 1.49. The van der Waals surface area contributed by atoms with Crippen LogP contribution in [0.15, 0.2) is 76.7 Å². The summed E-state index contributed by atoms with van der Waals surface area (Å²) in [6.45, 7) is 4.21. The number of fused-ring (bicyclic) bond motifs is 2. The number of amides is 2. The third-order valence-electron chi connectivity index (χ3n) is 5.76. The van der Waals surface area contributed by atoms with Crippen molar-refractivity contribution in [2.24, 2.45) is 0 Å². The lowest BCUT2D eigenvalue weighted by atomic mass is 10.1. The molecule has 0 spiro atoms. The van der Waals surface area contributed by atoms with Gasteiger partial charge in [-0.05, 0) is 49.7 Å². The molecule has 1 aromatic heterocycles. The van der Waals surface area contributed by atoms with E-state index in [1.54, 1.807) is 34.9 Å². The van der Waals surface area contributed by atoms with Crippen molar-refractivity contribution >= 4 is 34.5 Å². The topological polar surface area (TPSA) is 72.3 Å². The van der Waals surface area contributed by atoms with Gasteiger partial charge in [0.25, 0.3) is 17.4 Å². The molecule has 2 amide bonds. The highest BCUT2D eigenvalue weighted by molar-refractivity contribution is 7.99. The molecule has 0 aliphatic carbocycles. The molecule has 0 saturated heterocycles. The van der Waals surface area contributed by atoms with E-state index in [1.165, 1.54) is 16.7 Å². The summed E-state index contributed by atoms with van der Waals surface area (Å²) in [5, 5.41) is 1.07. The molecule has 0 atom stereocenters. The first-order valence-corrected chi connectivity index (χ1v) is 11.6. The van der Waals surface area contributed by atoms with E-state index in [9.17, 15) is 14.4 Å². The van der Waals surface area contributed by atoms with Gasteiger partial charge in [0.1, 0.15) is 0 Å². The molecular formula is C26H21N3O3S. The molecule has 0 unspecified atom stereocenters. The number of imide groups is 1. The number of carbonyl (C=O) groups is 2. The third kappa shape index (κ3) is 3.64. The molecule has 0 bridgehead atoms. The summed E-state index contributed by atoms with van der Waals surface area (Å²) in [6, 6.07) is 20.0. The number of rotatable bonds is 5. The summed E-state index contributed by atoms with van der Waals surface area (Å²) in [7, 11) is 0. The summed E-state index contributed by atoms with van der Waals surface area (Å²) in [6.07, 6.45) is 0. The van der Waals surface area contributed by atoms with Crippen molar-refractivity contribution in [3.63, 3.8) is 0 Å². The Morgan fingerprint density at radius 1 is 0.848 bits per heavy atom. The largest absolute Gasteiger partial charge is 0.273 e. The molecule has 0 radical (unpaired) electrons. The maximum atomic E-state index is 13.5. The van der Waals surface area contributed by atoms with Crippen LogP contribution in [-0.4, -0.2) is 38.6 Å². The Morgan fingerprint density at radius 2 is 1.52 bits per heavy atom. The van der Waals surface area contributed by atoms with Gasteiger partial charge < -0.3 is 0 Å². The fourth-order valence-electron chi connectivity index (χ4n) is 4.15. The lowest BCUT2D eigenvalue weighted by Gasteiger charge is -2.17. The van der Waals surface area contributed by atoms with Gasteiger partial charge in [0.05, 0.1) is 27.7 Å². The number of thioether (sulfide) groups is 1. The van der Waals surface area contributed by atoms with Crippen molar-refractivity contribution in [3.05, 3.63) is 99.3 Å². The summed E-state index contributed by atoms with van der Waals surface area (Å²) >= 11 is 1.36. The van der Waals surface area contributed by atoms with E-state index < -0.39 is 0 Å². The van der Waals surface area contributed by atoms with Crippen LogP contribution in [0.25, 0.3) is 16.6 Å². The zero-order chi connectivity index (χ0) is 23.1. The second-order valence-electron chi connectivity index (χ2n) is 8.00. The van der Waals surface area contributed by atoms with Crippen LogP contribution in [0.5, 0.6) is 0 Å². The Kier molecular flexibility index (Phi) is 5.34. The van der Waals surface area contributed by atoms with Gasteiger partial charge in [0.2, 0.25) is 0 Å². The monoisotopic (exact) mass is 455 g/mol. The van der Waals surface area contributed by atoms with Crippen molar-refractivity contribution < 1.29 is 9.59 Å². The molecule has 0 fully saturated rings. The maximum absolute atomic E-state index is 13.5. The molecule has 0 saturated carbocycles. The van der Waals surface area contributed by atoms with E-state index in [1.807, 2.05) is 50.2 Å². The summed E-state index contributed by atoms with van der Waals surface area (Å²) in [4.78, 5) is 44.8. The molecule has 7 heteroatoms. The first kappa shape index (κ1) is 21.2. The maximum Gasteiger partial charge on any atom is 0.266 e. The van der Waals surface area contributed by atoms with Crippen molar-refractivity contribution in [2.75, 3.05) is 12.3 Å². The number of carbonyl (C=O) groups excluding carboxylic acids is 2. The zero-order valence-corrected chi connectivity index (χ0v) is 19.1. The number of para-hydroxylation sites is 1. The molecule has 3 aromatic carbocycles. The molecule has 0 N–H and O–H groups in total. The number of hydrogen-bond donors (Lipinski definition) is 0. The van der Waals surface area contributed by atoms with Crippen LogP contribution in [0, 0.1) is 13.8 Å². The molecular weight excluding hydrogens is 434 g/mol. The molecule has 6 nitrogen and oxygen atoms in total. The second kappa shape index (κ2) is 8.33. The van der Waals surface area contributed by atoms with Crippen LogP contribution in [-0.2, 0) is 0 Å². The summed E-state index contributed by atoms with van der Waals surface area (Å²) in [5.41, 5.74) is 4.19. The Morgan fingerprint density at radius 3 is 2.21 bits per heavy atom. The van der Waals surface area contributed by atoms with E-state index in [2.05, 4.69) is 0 Å². The van der Waals surface area contributed by atoms with E-state index in [4.69, 9.17) is 4.98 Å². The van der Waals surface area contributed by atoms with Crippen LogP contribution in [0.2, 0.25) is 0 Å². The lowest BCUT2D eigenvalue weighted by molar-refractivity contribution is 0.0664. The standard InChI is InChI=1S/C26H21N3O3S/c1-16-11-12-22(17(2)15-16)29-25(32)20-9-5-6-10-21(20)27-26(29)33-14-13-28-23(30)18-7-3-4-8-19(18)24(28)31/h3-12,15H,13-14H2,1-2H3. The zero-order valence-electron chi connectivity index (χ0n) is 18.2. The fourth-order valence-corrected chi connectivity index (χ4v) is 5.08. The van der Waals surface area contributed by atoms with Gasteiger partial charge in [-0.3, -0.25) is 23.9 Å². The number of benzene rings is 3. The van der Waals surface area contributed by atoms with E-state index in [0.29, 0.717) is 32.9 Å². The van der Waals surface area contributed by atoms with Gasteiger partial charge in [-0.15, -0.1) is 0 Å². The lowest BCUT2D eigenvalue weighted by Crippen LogP contribution is -2.32. The smallest absolute Gasteiger partial charge is 0.266 e. The van der Waals surface area contributed by atoms with Crippen molar-refractivity contribution in [1.29, 1.82) is 0 Å². The minimum absolute atomic E-state index is 0.143. The first-order valence-electron chi connectivity index (χ1n) is 10.6. The van der Waals surface area contributed by atoms with E-state index in [0.717, 1.165) is 16.8 Å². The van der Waals surface area contributed by atoms with Crippen molar-refractivity contribution in [1.82, 2.24) is 14.5 Å². The summed E-state index contributed by atoms with van der Waals surface area (Å²) < 4.78 is 1.63. The second-order valence-corrected chi connectivity index (χ2v) is 9.06. The molecule has 5 rings (SSSR count). The quantitative estimate of drug-likeness (QED) is 0.254. The molecule has 1 aliphatic heterocycles. The number of hydrogen-bond acceptors (Lipinski definition) is 5. The Labute approximate surface area is 194 Å². The van der Waals surface area contributed by atoms with E-state index >= 15 is 0 Å². The number of nitrogens with zero attached hydrogens (tertiary/aromatic N) is 3. The van der Waals surface area contributed by atoms with Gasteiger partial charge in [-0.25, -0.2) is 4.98 Å². The highest BCUT2D eigenvalue weighted by Gasteiger charge is 2.34. The molecule has 33 heavy (non-hydrogen) atoms. The molecule has 2 heterocycles. The highest BCUT2D eigenvalue weighted by Crippen LogP contribution is 2.26. The van der Waals surface area contributed by atoms with Gasteiger partial charge in [-0.1, -0.05) is 53.7 Å². The summed E-state index contributed by atoms with van der Waals surface area (Å²) in [5.74, 6) is -0.148. The average Bonchev–Trinajstić information content (AvgIpc) is 3.05. The molecule has 4 aromatic rings. The number of aryl methyl sites for hydroxylation is 2. The average molecular weight is 456 g/mol. The SMILES string of the molecule is Cc1ccc(-n2c(SCCN3C(=O)c4ccccc4C3=O)nc3ccccc3c2=O)c(C)c1. The van der Waals surface area contributed by atoms with Gasteiger partial charge >= 0.3 is 0 Å². The Bertz CT molecular complexity index is 1460. The predicted octanol–water partition coefficient (Wildman–Crippen LogP) is 4.39. The van der Waals surface area contributed by atoms with E-state index in [-0.39, 0.29) is 23.9 Å². The molecule has 164 valence electrons. The van der Waals surface area contributed by atoms with Crippen LogP contribution >= 0.6 is 11.8 Å². The minimum atomic E-state index is -0.283. The van der Waals surface area contributed by atoms with Gasteiger partial charge in [-0.2, -0.15) is 0 Å². The highest BCUT2D eigenvalue weighted by atomic mass is 32.2. The normalized spacial score (nSPS) is 13.1. The van der Waals surface area contributed by atoms with Crippen LogP contribution in [0.4, 0.5) is 0 Å². The van der Waals surface area contributed by atoms with Gasteiger partial charge in [0.15, 0.2) is 5.16 Å². The van der Waals surface area contributed by atoms with Crippen molar-refractivity contribution in [2.45, 2.75) is 19.0 Å². The predicted molar refractivity (Wildman–Crippen MR) is 129 cm³/mol. The fraction of sp³-hybridized carbons (Fsp3) is 0.154. The van der Waals surface area contributed by atoms with Crippen LogP contribution < -0.4 is 5.56 Å². The van der Waals surface area contributed by atoms with Crippen molar-refractivity contribution in [3.8, 4) is 5.69 Å². The van der Waals surface area contributed by atoms with Crippen LogP contribution in [0.1, 0.15) is 31.8 Å². The van der Waals surface area contributed by atoms with Gasteiger partial charge in [0, 0.05) is 12.3 Å². The third-order valence-corrected chi connectivity index (χ3v) is 6.68. The molecule has 1 aliphatic rings. The number of aromatic nitrogens is 2. The minimum Gasteiger partial charge on any atom is -0.273 e. The first-order chi connectivity index (χ1) is 16.0. The van der Waals surface area contributed by atoms with Crippen LogP contribution in [0.3, 0.4) is 0 Å².